The lowest BCUT2D eigenvalue weighted by molar-refractivity contribution is 0.109. The molecule has 4 heterocycles. The molecule has 4 aromatic rings. The minimum Gasteiger partial charge on any atom is -0.379 e. The van der Waals surface area contributed by atoms with E-state index in [0.29, 0.717) is 29.5 Å². The number of aromatic nitrogens is 2. The van der Waals surface area contributed by atoms with Crippen molar-refractivity contribution in [1.29, 1.82) is 5.26 Å². The van der Waals surface area contributed by atoms with Crippen LogP contribution in [0.3, 0.4) is 0 Å². The van der Waals surface area contributed by atoms with E-state index in [1.807, 2.05) is 12.1 Å². The molecule has 2 N–H and O–H groups in total. The molecule has 36 heavy (non-hydrogen) atoms. The molecule has 0 amide bonds. The minimum absolute atomic E-state index is 0.00193. The van der Waals surface area contributed by atoms with E-state index in [2.05, 4.69) is 61.7 Å². The summed E-state index contributed by atoms with van der Waals surface area (Å²) in [4.78, 5) is 19.3. The fourth-order valence-corrected chi connectivity index (χ4v) is 5.54. The monoisotopic (exact) mass is 551 g/mol. The molecule has 2 aliphatic heterocycles. The number of ether oxygens (including phenoxy) is 2. The van der Waals surface area contributed by atoms with Gasteiger partial charge in [0.15, 0.2) is 5.43 Å². The number of hydrogen-bond donors (Lipinski definition) is 2. The quantitative estimate of drug-likeness (QED) is 0.385. The standard InChI is InChI=1S/C23H21BrN4O2.C4H9NO/c1-13(2)28-19-11-20(27-5-7-30-8-6-27)17(24)10-16(19)22(29)21-15-4-3-14(12-25)9-18(15)26-23(21)28;1-3-6-4-2-5-1/h3-4,9-11,13,26H,5-8H2,1-2H3;5H,1-4H2. The number of morpholine rings is 2. The molecule has 2 aromatic heterocycles. The van der Waals surface area contributed by atoms with Gasteiger partial charge in [-0.15, -0.1) is 0 Å². The molecule has 9 heteroatoms. The number of hydrogen-bond acceptors (Lipinski definition) is 6. The number of rotatable bonds is 2. The first-order valence-corrected chi connectivity index (χ1v) is 13.1. The van der Waals surface area contributed by atoms with Crippen molar-refractivity contribution >= 4 is 54.5 Å². The van der Waals surface area contributed by atoms with Crippen molar-refractivity contribution in [2.45, 2.75) is 19.9 Å². The van der Waals surface area contributed by atoms with Crippen molar-refractivity contribution in [3.05, 3.63) is 50.6 Å². The van der Waals surface area contributed by atoms with E-state index >= 15 is 0 Å². The zero-order valence-corrected chi connectivity index (χ0v) is 22.2. The second kappa shape index (κ2) is 10.6. The van der Waals surface area contributed by atoms with E-state index in [9.17, 15) is 10.1 Å². The summed E-state index contributed by atoms with van der Waals surface area (Å²) in [7, 11) is 0. The van der Waals surface area contributed by atoms with Crippen LogP contribution in [0.4, 0.5) is 5.69 Å². The van der Waals surface area contributed by atoms with Crippen molar-refractivity contribution in [3.8, 4) is 6.07 Å². The van der Waals surface area contributed by atoms with E-state index in [1.54, 1.807) is 12.1 Å². The van der Waals surface area contributed by atoms with Gasteiger partial charge in [-0.2, -0.15) is 5.26 Å². The third-order valence-electron chi connectivity index (χ3n) is 6.66. The van der Waals surface area contributed by atoms with E-state index in [4.69, 9.17) is 9.47 Å². The number of nitrogens with zero attached hydrogens (tertiary/aromatic N) is 3. The Morgan fingerprint density at radius 1 is 1.03 bits per heavy atom. The molecule has 0 bridgehead atoms. The number of halogens is 1. The molecule has 0 saturated carbocycles. The molecule has 0 unspecified atom stereocenters. The number of aromatic amines is 1. The first-order chi connectivity index (χ1) is 17.5. The van der Waals surface area contributed by atoms with Crippen LogP contribution in [-0.2, 0) is 9.47 Å². The Labute approximate surface area is 217 Å². The first kappa shape index (κ1) is 24.8. The zero-order valence-electron chi connectivity index (χ0n) is 20.6. The molecule has 188 valence electrons. The molecule has 0 radical (unpaired) electrons. The van der Waals surface area contributed by atoms with Gasteiger partial charge in [-0.25, -0.2) is 0 Å². The SMILES string of the molecule is C1COCCN1.CC(C)n1c2cc(N3CCOCC3)c(Br)cc2c(=O)c2c3ccc(C#N)cc3[nH]c21. The molecule has 2 aliphatic rings. The summed E-state index contributed by atoms with van der Waals surface area (Å²) in [6.07, 6.45) is 0. The van der Waals surface area contributed by atoms with Crippen LogP contribution < -0.4 is 15.6 Å². The number of nitrogens with one attached hydrogen (secondary N) is 2. The Balaban J connectivity index is 0.000000391. The predicted octanol–water partition coefficient (Wildman–Crippen LogP) is 4.29. The highest BCUT2D eigenvalue weighted by molar-refractivity contribution is 9.10. The molecule has 8 nitrogen and oxygen atoms in total. The van der Waals surface area contributed by atoms with Gasteiger partial charge in [-0.05, 0) is 54.0 Å². The second-order valence-electron chi connectivity index (χ2n) is 9.30. The van der Waals surface area contributed by atoms with Gasteiger partial charge in [-0.1, -0.05) is 6.07 Å². The van der Waals surface area contributed by atoms with Gasteiger partial charge in [0.1, 0.15) is 5.65 Å². The first-order valence-electron chi connectivity index (χ1n) is 12.3. The second-order valence-corrected chi connectivity index (χ2v) is 10.2. The molecule has 2 aromatic carbocycles. The van der Waals surface area contributed by atoms with Gasteiger partial charge < -0.3 is 29.2 Å². The Bertz CT molecular complexity index is 1500. The number of anilines is 1. The zero-order chi connectivity index (χ0) is 25.2. The molecular formula is C27H30BrN5O3. The van der Waals surface area contributed by atoms with Crippen LogP contribution in [-0.4, -0.2) is 62.2 Å². The summed E-state index contributed by atoms with van der Waals surface area (Å²) in [6.45, 7) is 11.1. The summed E-state index contributed by atoms with van der Waals surface area (Å²) in [5.74, 6) is 0. The molecule has 6 rings (SSSR count). The Hall–Kier alpha value is -2.90. The Kier molecular flexibility index (Phi) is 7.30. The van der Waals surface area contributed by atoms with Crippen LogP contribution >= 0.6 is 15.9 Å². The predicted molar refractivity (Wildman–Crippen MR) is 147 cm³/mol. The number of benzene rings is 2. The van der Waals surface area contributed by atoms with Gasteiger partial charge in [0.05, 0.1) is 54.7 Å². The third kappa shape index (κ3) is 4.62. The highest BCUT2D eigenvalue weighted by Crippen LogP contribution is 2.35. The summed E-state index contributed by atoms with van der Waals surface area (Å²) >= 11 is 3.70. The van der Waals surface area contributed by atoms with Crippen LogP contribution in [0.5, 0.6) is 0 Å². The van der Waals surface area contributed by atoms with Gasteiger partial charge >= 0.3 is 0 Å². The summed E-state index contributed by atoms with van der Waals surface area (Å²) in [5, 5.41) is 14.6. The number of H-pyrrole nitrogens is 1. The minimum atomic E-state index is 0.00193. The maximum absolute atomic E-state index is 13.6. The Morgan fingerprint density at radius 2 is 1.75 bits per heavy atom. The van der Waals surface area contributed by atoms with Crippen LogP contribution in [0.1, 0.15) is 25.5 Å². The number of nitriles is 1. The van der Waals surface area contributed by atoms with Crippen molar-refractivity contribution in [2.24, 2.45) is 0 Å². The average Bonchev–Trinajstić information content (AvgIpc) is 3.29. The fraction of sp³-hybridized carbons (Fsp3) is 0.407. The lowest BCUT2D eigenvalue weighted by Gasteiger charge is -2.30. The van der Waals surface area contributed by atoms with E-state index in [-0.39, 0.29) is 11.5 Å². The lowest BCUT2D eigenvalue weighted by atomic mass is 10.1. The van der Waals surface area contributed by atoms with Crippen molar-refractivity contribution < 1.29 is 9.47 Å². The van der Waals surface area contributed by atoms with Crippen LogP contribution in [0.2, 0.25) is 0 Å². The average molecular weight is 552 g/mol. The molecule has 0 aliphatic carbocycles. The molecule has 0 spiro atoms. The van der Waals surface area contributed by atoms with Crippen LogP contribution in [0.25, 0.3) is 32.8 Å². The number of pyridine rings is 1. The van der Waals surface area contributed by atoms with Crippen molar-refractivity contribution in [2.75, 3.05) is 57.5 Å². The van der Waals surface area contributed by atoms with Gasteiger partial charge in [-0.3, -0.25) is 4.79 Å². The highest BCUT2D eigenvalue weighted by Gasteiger charge is 2.21. The van der Waals surface area contributed by atoms with Crippen LogP contribution in [0.15, 0.2) is 39.6 Å². The normalized spacial score (nSPS) is 16.4. The molecular weight excluding hydrogens is 522 g/mol. The van der Waals surface area contributed by atoms with Gasteiger partial charge in [0, 0.05) is 53.0 Å². The van der Waals surface area contributed by atoms with E-state index in [1.165, 1.54) is 0 Å². The summed E-state index contributed by atoms with van der Waals surface area (Å²) < 4.78 is 13.6. The highest BCUT2D eigenvalue weighted by atomic mass is 79.9. The topological polar surface area (TPSA) is 95.3 Å². The van der Waals surface area contributed by atoms with Crippen LogP contribution in [0, 0.1) is 11.3 Å². The van der Waals surface area contributed by atoms with Crippen molar-refractivity contribution in [1.82, 2.24) is 14.9 Å². The number of fused-ring (bicyclic) bond motifs is 4. The van der Waals surface area contributed by atoms with Gasteiger partial charge in [0.2, 0.25) is 0 Å². The van der Waals surface area contributed by atoms with E-state index < -0.39 is 0 Å². The van der Waals surface area contributed by atoms with Crippen molar-refractivity contribution in [3.63, 3.8) is 0 Å². The summed E-state index contributed by atoms with van der Waals surface area (Å²) in [6, 6.07) is 11.8. The summed E-state index contributed by atoms with van der Waals surface area (Å²) in [5.41, 5.74) is 4.14. The third-order valence-corrected chi connectivity index (χ3v) is 7.29. The Morgan fingerprint density at radius 3 is 2.36 bits per heavy atom. The molecule has 2 fully saturated rings. The smallest absolute Gasteiger partial charge is 0.199 e. The lowest BCUT2D eigenvalue weighted by Crippen LogP contribution is -2.36. The fourth-order valence-electron chi connectivity index (χ4n) is 4.95. The maximum atomic E-state index is 13.6. The molecule has 0 atom stereocenters. The molecule has 2 saturated heterocycles. The van der Waals surface area contributed by atoms with E-state index in [0.717, 1.165) is 71.6 Å². The largest absolute Gasteiger partial charge is 0.379 e. The van der Waals surface area contributed by atoms with Gasteiger partial charge in [0.25, 0.3) is 0 Å². The maximum Gasteiger partial charge on any atom is 0.199 e.